The second-order valence-electron chi connectivity index (χ2n) is 11.3. The van der Waals surface area contributed by atoms with E-state index in [2.05, 4.69) is 43.3 Å². The molecule has 2 bridgehead atoms. The molecule has 5 aromatic carbocycles. The summed E-state index contributed by atoms with van der Waals surface area (Å²) in [4.78, 5) is 35.8. The Balaban J connectivity index is 1.38. The molecule has 0 aromatic heterocycles. The Morgan fingerprint density at radius 2 is 1.37 bits per heavy atom. The molecule has 0 saturated carbocycles. The van der Waals surface area contributed by atoms with Crippen LogP contribution >= 0.6 is 0 Å². The number of aryl methyl sites for hydroxylation is 1. The summed E-state index contributed by atoms with van der Waals surface area (Å²) in [5.74, 6) is -1.58. The Labute approximate surface area is 239 Å². The summed E-state index contributed by atoms with van der Waals surface area (Å²) < 4.78 is 0. The predicted octanol–water partition coefficient (Wildman–Crippen LogP) is 7.36. The van der Waals surface area contributed by atoms with Gasteiger partial charge in [0.05, 0.1) is 28.6 Å². The third-order valence-corrected chi connectivity index (χ3v) is 9.45. The minimum Gasteiger partial charge on any atom is -0.274 e. The molecule has 0 spiro atoms. The summed E-state index contributed by atoms with van der Waals surface area (Å²) in [6.45, 7) is 2.14. The van der Waals surface area contributed by atoms with Crippen molar-refractivity contribution in [3.05, 3.63) is 143 Å². The van der Waals surface area contributed by atoms with Gasteiger partial charge in [0.1, 0.15) is 0 Å². The molecule has 9 rings (SSSR count). The van der Waals surface area contributed by atoms with Crippen molar-refractivity contribution in [3.8, 4) is 0 Å². The molecule has 0 unspecified atom stereocenters. The minimum atomic E-state index is -0.873. The van der Waals surface area contributed by atoms with Gasteiger partial charge in [0.25, 0.3) is 0 Å². The van der Waals surface area contributed by atoms with Gasteiger partial charge in [0.2, 0.25) is 11.8 Å². The van der Waals surface area contributed by atoms with Crippen LogP contribution in [0.2, 0.25) is 0 Å². The zero-order valence-corrected chi connectivity index (χ0v) is 22.7. The van der Waals surface area contributed by atoms with Gasteiger partial charge < -0.3 is 0 Å². The summed E-state index contributed by atoms with van der Waals surface area (Å²) in [7, 11) is 0. The van der Waals surface area contributed by atoms with Crippen molar-refractivity contribution < 1.29 is 9.59 Å². The highest BCUT2D eigenvalue weighted by Gasteiger charge is 2.68. The number of imide groups is 1. The van der Waals surface area contributed by atoms with Crippen molar-refractivity contribution >= 4 is 40.2 Å². The average Bonchev–Trinajstić information content (AvgIpc) is 3.30. The molecular weight excluding hydrogens is 504 g/mol. The lowest BCUT2D eigenvalue weighted by atomic mass is 9.47. The van der Waals surface area contributed by atoms with Gasteiger partial charge in [-0.1, -0.05) is 104 Å². The second-order valence-corrected chi connectivity index (χ2v) is 11.3. The number of carbonyl (C=O) groups is 2. The van der Waals surface area contributed by atoms with Crippen molar-refractivity contribution in [1.29, 1.82) is 0 Å². The summed E-state index contributed by atoms with van der Waals surface area (Å²) in [6, 6.07) is 38.7. The van der Waals surface area contributed by atoms with Gasteiger partial charge in [-0.2, -0.15) is 0 Å². The van der Waals surface area contributed by atoms with E-state index in [0.717, 1.165) is 45.1 Å². The van der Waals surface area contributed by atoms with Gasteiger partial charge in [-0.05, 0) is 57.8 Å². The topological polar surface area (TPSA) is 49.7 Å². The number of fused-ring (bicyclic) bond motifs is 1. The number of amides is 2. The fraction of sp³-hybridized carbons (Fsp3) is 0.162. The maximum atomic E-state index is 14.7. The first-order valence-electron chi connectivity index (χ1n) is 14.3. The maximum absolute atomic E-state index is 14.7. The van der Waals surface area contributed by atoms with Gasteiger partial charge in [-0.3, -0.25) is 14.6 Å². The standard InChI is InChI=1S/C37H28N2O2/c1-2-23-18-20-25(21-19-23)38-22-37-29-15-7-5-13-27(29)32(28-14-6-8-16-30(28)37)33-34(37)36(41)39(35(33)40)31-17-9-11-24-10-3-4-12-26(24)31/h3-22,32-34H,2H2,1H3/t32?,33-,34-,37?/m1/s1. The predicted molar refractivity (Wildman–Crippen MR) is 163 cm³/mol. The highest BCUT2D eigenvalue weighted by Crippen LogP contribution is 2.64. The van der Waals surface area contributed by atoms with Crippen molar-refractivity contribution in [1.82, 2.24) is 0 Å². The van der Waals surface area contributed by atoms with E-state index in [9.17, 15) is 9.59 Å². The zero-order chi connectivity index (χ0) is 27.7. The van der Waals surface area contributed by atoms with Crippen LogP contribution in [0.4, 0.5) is 11.4 Å². The van der Waals surface area contributed by atoms with E-state index in [1.54, 1.807) is 0 Å². The minimum absolute atomic E-state index is 0.129. The molecule has 3 aliphatic carbocycles. The van der Waals surface area contributed by atoms with Crippen molar-refractivity contribution in [2.24, 2.45) is 16.8 Å². The number of benzene rings is 5. The lowest BCUT2D eigenvalue weighted by Gasteiger charge is -2.52. The average molecular weight is 533 g/mol. The molecule has 198 valence electrons. The van der Waals surface area contributed by atoms with E-state index in [1.807, 2.05) is 85.1 Å². The van der Waals surface area contributed by atoms with Gasteiger partial charge in [0, 0.05) is 17.5 Å². The van der Waals surface area contributed by atoms with Gasteiger partial charge in [0.15, 0.2) is 0 Å². The summed E-state index contributed by atoms with van der Waals surface area (Å²) >= 11 is 0. The lowest BCUT2D eigenvalue weighted by molar-refractivity contribution is -0.122. The molecule has 41 heavy (non-hydrogen) atoms. The van der Waals surface area contributed by atoms with Crippen molar-refractivity contribution in [3.63, 3.8) is 0 Å². The molecular formula is C37H28N2O2. The first-order chi connectivity index (χ1) is 20.1. The monoisotopic (exact) mass is 532 g/mol. The quantitative estimate of drug-likeness (QED) is 0.179. The Bertz CT molecular complexity index is 1850. The van der Waals surface area contributed by atoms with Crippen molar-refractivity contribution in [2.45, 2.75) is 24.7 Å². The SMILES string of the molecule is CCc1ccc(N=CC23c4ccccc4C(c4ccccc42)[C@H]2C(=O)N(c4cccc5ccccc45)C(=O)[C@@H]23)cc1. The van der Waals surface area contributed by atoms with Crippen LogP contribution in [0.5, 0.6) is 0 Å². The molecule has 2 atom stereocenters. The molecule has 4 aliphatic rings. The largest absolute Gasteiger partial charge is 0.274 e. The summed E-state index contributed by atoms with van der Waals surface area (Å²) in [5, 5.41) is 1.90. The highest BCUT2D eigenvalue weighted by molar-refractivity contribution is 6.27. The van der Waals surface area contributed by atoms with Gasteiger partial charge >= 0.3 is 0 Å². The molecule has 1 saturated heterocycles. The Morgan fingerprint density at radius 3 is 2.07 bits per heavy atom. The number of aliphatic imine (C=N–C) groups is 1. The fourth-order valence-corrected chi connectivity index (χ4v) is 7.68. The molecule has 1 heterocycles. The fourth-order valence-electron chi connectivity index (χ4n) is 7.68. The maximum Gasteiger partial charge on any atom is 0.239 e. The van der Waals surface area contributed by atoms with Crippen LogP contribution in [-0.4, -0.2) is 18.0 Å². The van der Waals surface area contributed by atoms with Gasteiger partial charge in [-0.25, -0.2) is 4.90 Å². The summed E-state index contributed by atoms with van der Waals surface area (Å²) in [5.41, 5.74) is 6.23. The number of anilines is 1. The number of rotatable bonds is 4. The van der Waals surface area contributed by atoms with Crippen LogP contribution in [-0.2, 0) is 21.4 Å². The molecule has 5 aromatic rings. The summed E-state index contributed by atoms with van der Waals surface area (Å²) in [6.07, 6.45) is 2.93. The van der Waals surface area contributed by atoms with Crippen molar-refractivity contribution in [2.75, 3.05) is 4.90 Å². The zero-order valence-electron chi connectivity index (χ0n) is 22.7. The van der Waals surface area contributed by atoms with Crippen LogP contribution in [0.1, 0.15) is 40.7 Å². The Morgan fingerprint density at radius 1 is 0.732 bits per heavy atom. The first-order valence-corrected chi connectivity index (χ1v) is 14.3. The van der Waals surface area contributed by atoms with E-state index in [0.29, 0.717) is 5.69 Å². The Kier molecular flexibility index (Phi) is 5.17. The molecule has 4 heteroatoms. The van der Waals surface area contributed by atoms with Crippen LogP contribution < -0.4 is 4.90 Å². The third-order valence-electron chi connectivity index (χ3n) is 9.45. The molecule has 4 nitrogen and oxygen atoms in total. The van der Waals surface area contributed by atoms with Crippen LogP contribution in [0.25, 0.3) is 10.8 Å². The Hall–Kier alpha value is -4.83. The molecule has 0 N–H and O–H groups in total. The number of hydrogen-bond donors (Lipinski definition) is 0. The first kappa shape index (κ1) is 24.0. The number of hydrogen-bond acceptors (Lipinski definition) is 3. The molecule has 0 radical (unpaired) electrons. The number of nitrogens with zero attached hydrogens (tertiary/aromatic N) is 2. The molecule has 1 fully saturated rings. The second kappa shape index (κ2) is 8.84. The molecule has 1 aliphatic heterocycles. The van der Waals surface area contributed by atoms with E-state index in [1.165, 1.54) is 10.5 Å². The van der Waals surface area contributed by atoms with E-state index in [-0.39, 0.29) is 17.7 Å². The van der Waals surface area contributed by atoms with E-state index >= 15 is 0 Å². The third kappa shape index (κ3) is 3.19. The van der Waals surface area contributed by atoms with Crippen LogP contribution in [0.15, 0.2) is 120 Å². The smallest absolute Gasteiger partial charge is 0.239 e. The highest BCUT2D eigenvalue weighted by atomic mass is 16.2. The van der Waals surface area contributed by atoms with Crippen LogP contribution in [0, 0.1) is 11.8 Å². The van der Waals surface area contributed by atoms with Crippen LogP contribution in [0.3, 0.4) is 0 Å². The van der Waals surface area contributed by atoms with E-state index < -0.39 is 17.3 Å². The van der Waals surface area contributed by atoms with E-state index in [4.69, 9.17) is 4.99 Å². The number of carbonyl (C=O) groups excluding carboxylic acids is 2. The normalized spacial score (nSPS) is 24.1. The van der Waals surface area contributed by atoms with Gasteiger partial charge in [-0.15, -0.1) is 0 Å². The lowest BCUT2D eigenvalue weighted by Crippen LogP contribution is -2.54. The molecule has 2 amide bonds.